The molecular formula is C23H36N2O3. The van der Waals surface area contributed by atoms with Crippen molar-refractivity contribution in [3.63, 3.8) is 0 Å². The molecule has 0 aromatic heterocycles. The number of carbonyl (C=O) groups is 1. The van der Waals surface area contributed by atoms with Gasteiger partial charge in [-0.25, -0.2) is 0 Å². The number of likely N-dealkylation sites (tertiary alicyclic amines) is 1. The Hall–Kier alpha value is -1.51. The van der Waals surface area contributed by atoms with Gasteiger partial charge in [0.2, 0.25) is 5.91 Å². The zero-order valence-electron chi connectivity index (χ0n) is 18.2. The highest BCUT2D eigenvalue weighted by atomic mass is 16.5. The van der Waals surface area contributed by atoms with Crippen molar-refractivity contribution in [2.45, 2.75) is 78.1 Å². The third-order valence-electron chi connectivity index (χ3n) is 6.19. The van der Waals surface area contributed by atoms with Gasteiger partial charge in [0.25, 0.3) is 0 Å². The van der Waals surface area contributed by atoms with Gasteiger partial charge in [-0.05, 0) is 64.5 Å². The summed E-state index contributed by atoms with van der Waals surface area (Å²) in [6.07, 6.45) is 3.98. The molecule has 5 nitrogen and oxygen atoms in total. The second-order valence-electron chi connectivity index (χ2n) is 8.79. The van der Waals surface area contributed by atoms with Crippen molar-refractivity contribution < 1.29 is 14.3 Å². The molecule has 2 atom stereocenters. The van der Waals surface area contributed by atoms with Crippen LogP contribution in [0.4, 0.5) is 0 Å². The molecule has 2 saturated heterocycles. The minimum Gasteiger partial charge on any atom is -0.483 e. The second-order valence-corrected chi connectivity index (χ2v) is 8.79. The zero-order chi connectivity index (χ0) is 20.3. The van der Waals surface area contributed by atoms with E-state index in [0.29, 0.717) is 12.5 Å². The van der Waals surface area contributed by atoms with Gasteiger partial charge in [0.1, 0.15) is 5.92 Å². The van der Waals surface area contributed by atoms with Crippen LogP contribution < -0.4 is 0 Å². The van der Waals surface area contributed by atoms with Crippen molar-refractivity contribution in [3.8, 4) is 11.8 Å². The number of amides is 1. The van der Waals surface area contributed by atoms with Crippen LogP contribution >= 0.6 is 0 Å². The molecule has 1 aliphatic carbocycles. The van der Waals surface area contributed by atoms with E-state index >= 15 is 0 Å². The Labute approximate surface area is 170 Å². The van der Waals surface area contributed by atoms with Crippen molar-refractivity contribution >= 4 is 5.91 Å². The third kappa shape index (κ3) is 4.72. The standard InChI is InChI=1S/C23H36N2O3/c1-6-20-15-24(7-2)16-23(28-20)10-12-25(13-11-23)22(26)19-8-9-21(18(5)14-19)27-17(3)4/h17,19-20H,6-7,10-16H2,1-5H3. The van der Waals surface area contributed by atoms with Crippen molar-refractivity contribution in [2.24, 2.45) is 5.92 Å². The molecule has 1 spiro atoms. The summed E-state index contributed by atoms with van der Waals surface area (Å²) in [5, 5.41) is 0. The van der Waals surface area contributed by atoms with E-state index in [1.165, 1.54) is 0 Å². The molecule has 0 N–H and O–H groups in total. The number of likely N-dealkylation sites (N-methyl/N-ethyl adjacent to an activating group) is 1. The predicted molar refractivity (Wildman–Crippen MR) is 111 cm³/mol. The van der Waals surface area contributed by atoms with Gasteiger partial charge in [0, 0.05) is 26.2 Å². The molecule has 0 saturated carbocycles. The number of allylic oxidation sites excluding steroid dienone is 2. The van der Waals surface area contributed by atoms with E-state index in [0.717, 1.165) is 63.3 Å². The number of hydrogen-bond donors (Lipinski definition) is 0. The van der Waals surface area contributed by atoms with Crippen LogP contribution in [0, 0.1) is 17.8 Å². The zero-order valence-corrected chi connectivity index (χ0v) is 18.2. The van der Waals surface area contributed by atoms with E-state index in [1.807, 2.05) is 25.7 Å². The van der Waals surface area contributed by atoms with Crippen molar-refractivity contribution in [2.75, 3.05) is 32.7 Å². The molecule has 3 rings (SSSR count). The van der Waals surface area contributed by atoms with Crippen LogP contribution in [0.15, 0.2) is 11.3 Å². The number of hydrogen-bond acceptors (Lipinski definition) is 4. The molecule has 2 unspecified atom stereocenters. The van der Waals surface area contributed by atoms with E-state index in [2.05, 4.69) is 30.6 Å². The van der Waals surface area contributed by atoms with Crippen molar-refractivity contribution in [1.82, 2.24) is 9.80 Å². The molecule has 5 heteroatoms. The Morgan fingerprint density at radius 1 is 1.32 bits per heavy atom. The number of morpholine rings is 1. The summed E-state index contributed by atoms with van der Waals surface area (Å²) in [7, 11) is 0. The van der Waals surface area contributed by atoms with E-state index in [-0.39, 0.29) is 23.5 Å². The lowest BCUT2D eigenvalue weighted by molar-refractivity contribution is -0.178. The van der Waals surface area contributed by atoms with Crippen LogP contribution in [0.1, 0.15) is 60.3 Å². The first-order valence-electron chi connectivity index (χ1n) is 10.9. The highest BCUT2D eigenvalue weighted by Crippen LogP contribution is 2.34. The van der Waals surface area contributed by atoms with Gasteiger partial charge in [-0.2, -0.15) is 0 Å². The van der Waals surface area contributed by atoms with Crippen LogP contribution in [-0.4, -0.2) is 66.2 Å². The molecule has 156 valence electrons. The van der Waals surface area contributed by atoms with Gasteiger partial charge in [-0.3, -0.25) is 9.69 Å². The molecule has 2 aliphatic heterocycles. The summed E-state index contributed by atoms with van der Waals surface area (Å²) in [6.45, 7) is 15.1. The normalized spacial score (nSPS) is 27.7. The smallest absolute Gasteiger partial charge is 0.238 e. The van der Waals surface area contributed by atoms with E-state index in [1.54, 1.807) is 0 Å². The highest BCUT2D eigenvalue weighted by molar-refractivity contribution is 5.82. The Kier molecular flexibility index (Phi) is 6.73. The molecule has 2 heterocycles. The van der Waals surface area contributed by atoms with Gasteiger partial charge in [0.05, 0.1) is 17.8 Å². The molecule has 3 aliphatic rings. The molecule has 0 radical (unpaired) electrons. The number of nitrogens with zero attached hydrogens (tertiary/aromatic N) is 2. The van der Waals surface area contributed by atoms with Gasteiger partial charge in [0.15, 0.2) is 5.76 Å². The summed E-state index contributed by atoms with van der Waals surface area (Å²) < 4.78 is 12.3. The Bertz CT molecular complexity index is 651. The number of carbonyl (C=O) groups excluding carboxylic acids is 1. The molecule has 0 aromatic rings. The van der Waals surface area contributed by atoms with Crippen LogP contribution in [0.2, 0.25) is 0 Å². The lowest BCUT2D eigenvalue weighted by Gasteiger charge is -2.50. The maximum Gasteiger partial charge on any atom is 0.238 e. The average molecular weight is 389 g/mol. The first-order chi connectivity index (χ1) is 13.4. The quantitative estimate of drug-likeness (QED) is 0.679. The topological polar surface area (TPSA) is 42.0 Å². The van der Waals surface area contributed by atoms with E-state index in [4.69, 9.17) is 9.47 Å². The first-order valence-corrected chi connectivity index (χ1v) is 10.9. The number of piperidine rings is 1. The maximum absolute atomic E-state index is 13.0. The summed E-state index contributed by atoms with van der Waals surface area (Å²) >= 11 is 0. The highest BCUT2D eigenvalue weighted by Gasteiger charge is 2.43. The molecule has 0 aromatic carbocycles. The monoisotopic (exact) mass is 388 g/mol. The summed E-state index contributed by atoms with van der Waals surface area (Å²) in [6, 6.07) is 0. The van der Waals surface area contributed by atoms with Crippen LogP contribution in [0.25, 0.3) is 0 Å². The summed E-state index contributed by atoms with van der Waals surface area (Å²) in [5.74, 6) is 6.90. The lowest BCUT2D eigenvalue weighted by atomic mass is 9.87. The maximum atomic E-state index is 13.0. The predicted octanol–water partition coefficient (Wildman–Crippen LogP) is 3.20. The Morgan fingerprint density at radius 3 is 2.61 bits per heavy atom. The molecule has 2 fully saturated rings. The Morgan fingerprint density at radius 2 is 2.04 bits per heavy atom. The van der Waals surface area contributed by atoms with Gasteiger partial charge >= 0.3 is 0 Å². The summed E-state index contributed by atoms with van der Waals surface area (Å²) in [5.41, 5.74) is 0.997. The SMILES string of the molecule is CCC1CN(CC)CC2(CCN(C(=O)C3C#CC(OC(C)C)=C(C)C3)CC2)O1. The fraction of sp³-hybridized carbons (Fsp3) is 0.783. The van der Waals surface area contributed by atoms with Crippen LogP contribution in [0.5, 0.6) is 0 Å². The largest absolute Gasteiger partial charge is 0.483 e. The van der Waals surface area contributed by atoms with Gasteiger partial charge in [-0.15, -0.1) is 0 Å². The fourth-order valence-electron chi connectivity index (χ4n) is 4.50. The third-order valence-corrected chi connectivity index (χ3v) is 6.19. The number of rotatable bonds is 5. The minimum atomic E-state index is -0.239. The fourth-order valence-corrected chi connectivity index (χ4v) is 4.50. The first kappa shape index (κ1) is 21.2. The van der Waals surface area contributed by atoms with E-state index < -0.39 is 0 Å². The second kappa shape index (κ2) is 8.88. The van der Waals surface area contributed by atoms with E-state index in [9.17, 15) is 4.79 Å². The molecular weight excluding hydrogens is 352 g/mol. The van der Waals surface area contributed by atoms with Gasteiger partial charge < -0.3 is 14.4 Å². The van der Waals surface area contributed by atoms with Gasteiger partial charge in [-0.1, -0.05) is 19.8 Å². The lowest BCUT2D eigenvalue weighted by Crippen LogP contribution is -2.60. The number of ether oxygens (including phenoxy) is 2. The average Bonchev–Trinajstić information content (AvgIpc) is 2.68. The van der Waals surface area contributed by atoms with Crippen molar-refractivity contribution in [3.05, 3.63) is 11.3 Å². The molecule has 28 heavy (non-hydrogen) atoms. The van der Waals surface area contributed by atoms with Crippen LogP contribution in [0.3, 0.4) is 0 Å². The Balaban J connectivity index is 1.59. The molecule has 0 bridgehead atoms. The minimum absolute atomic E-state index is 0.0853. The van der Waals surface area contributed by atoms with Crippen molar-refractivity contribution in [1.29, 1.82) is 0 Å². The molecule has 1 amide bonds. The summed E-state index contributed by atoms with van der Waals surface area (Å²) in [4.78, 5) is 17.6. The van der Waals surface area contributed by atoms with Crippen LogP contribution in [-0.2, 0) is 14.3 Å².